The Hall–Kier alpha value is -4.19. The third kappa shape index (κ3) is 4.55. The normalized spacial score (nSPS) is 11.7. The van der Waals surface area contributed by atoms with Crippen LogP contribution in [0.5, 0.6) is 0 Å². The first-order chi connectivity index (χ1) is 16.0. The Morgan fingerprint density at radius 2 is 1.61 bits per heavy atom. The number of ether oxygens (including phenoxy) is 1. The summed E-state index contributed by atoms with van der Waals surface area (Å²) < 4.78 is 11.0. The lowest BCUT2D eigenvalue weighted by Gasteiger charge is -2.19. The second kappa shape index (κ2) is 9.53. The molecule has 33 heavy (non-hydrogen) atoms. The molecule has 1 atom stereocenters. The number of esters is 1. The van der Waals surface area contributed by atoms with Gasteiger partial charge >= 0.3 is 5.97 Å². The van der Waals surface area contributed by atoms with Gasteiger partial charge < -0.3 is 14.5 Å². The van der Waals surface area contributed by atoms with Gasteiger partial charge in [0, 0.05) is 11.1 Å². The molecule has 1 unspecified atom stereocenters. The van der Waals surface area contributed by atoms with Crippen molar-refractivity contribution in [2.24, 2.45) is 0 Å². The summed E-state index contributed by atoms with van der Waals surface area (Å²) in [7, 11) is 1.30. The van der Waals surface area contributed by atoms with Crippen molar-refractivity contribution < 1.29 is 18.7 Å². The highest BCUT2D eigenvalue weighted by Crippen LogP contribution is 2.28. The summed E-state index contributed by atoms with van der Waals surface area (Å²) in [5, 5.41) is 3.22. The van der Waals surface area contributed by atoms with Gasteiger partial charge in [0.25, 0.3) is 5.91 Å². The van der Waals surface area contributed by atoms with Crippen molar-refractivity contribution in [1.29, 1.82) is 0 Å². The highest BCUT2D eigenvalue weighted by molar-refractivity contribution is 6.05. The number of hydrogen-bond donors (Lipinski definition) is 1. The minimum absolute atomic E-state index is 0.0324. The van der Waals surface area contributed by atoms with Crippen molar-refractivity contribution in [3.8, 4) is 11.3 Å². The molecule has 6 nitrogen and oxygen atoms in total. The molecule has 0 saturated carbocycles. The van der Waals surface area contributed by atoms with Crippen LogP contribution in [-0.4, -0.2) is 19.0 Å². The predicted molar refractivity (Wildman–Crippen MR) is 126 cm³/mol. The molecule has 4 rings (SSSR count). The molecule has 0 saturated heterocycles. The lowest BCUT2D eigenvalue weighted by Crippen LogP contribution is -2.30. The van der Waals surface area contributed by atoms with Gasteiger partial charge in [-0.15, -0.1) is 0 Å². The Morgan fingerprint density at radius 3 is 2.27 bits per heavy atom. The maximum absolute atomic E-state index is 13.3. The molecule has 1 amide bonds. The van der Waals surface area contributed by atoms with Crippen LogP contribution in [0.1, 0.15) is 33.9 Å². The van der Waals surface area contributed by atoms with E-state index in [0.29, 0.717) is 16.7 Å². The van der Waals surface area contributed by atoms with Crippen LogP contribution in [0.15, 0.2) is 88.1 Å². The highest BCUT2D eigenvalue weighted by atomic mass is 16.5. The zero-order valence-corrected chi connectivity index (χ0v) is 18.3. The summed E-state index contributed by atoms with van der Waals surface area (Å²) in [4.78, 5) is 38.4. The van der Waals surface area contributed by atoms with Gasteiger partial charge in [-0.2, -0.15) is 0 Å². The summed E-state index contributed by atoms with van der Waals surface area (Å²) in [6.07, 6.45) is -0.0324. The van der Waals surface area contributed by atoms with Crippen molar-refractivity contribution in [2.45, 2.75) is 19.4 Å². The van der Waals surface area contributed by atoms with Crippen LogP contribution < -0.4 is 10.7 Å². The maximum atomic E-state index is 13.3. The zero-order chi connectivity index (χ0) is 23.4. The summed E-state index contributed by atoms with van der Waals surface area (Å²) >= 11 is 0. The van der Waals surface area contributed by atoms with Crippen molar-refractivity contribution in [3.05, 3.63) is 106 Å². The maximum Gasteiger partial charge on any atom is 0.307 e. The highest BCUT2D eigenvalue weighted by Gasteiger charge is 2.23. The van der Waals surface area contributed by atoms with Crippen molar-refractivity contribution >= 4 is 22.8 Å². The smallest absolute Gasteiger partial charge is 0.307 e. The number of carbonyl (C=O) groups is 2. The molecule has 166 valence electrons. The number of fused-ring (bicyclic) bond motifs is 1. The Labute approximate surface area is 190 Å². The Bertz CT molecular complexity index is 1360. The number of amides is 1. The summed E-state index contributed by atoms with van der Waals surface area (Å²) in [5.41, 5.74) is 2.20. The Balaban J connectivity index is 1.78. The van der Waals surface area contributed by atoms with E-state index in [0.717, 1.165) is 11.1 Å². The first-order valence-corrected chi connectivity index (χ1v) is 10.5. The number of methoxy groups -OCH3 is 1. The third-order valence-corrected chi connectivity index (χ3v) is 5.53. The van der Waals surface area contributed by atoms with Gasteiger partial charge in [-0.25, -0.2) is 0 Å². The molecule has 4 aromatic rings. The van der Waals surface area contributed by atoms with E-state index >= 15 is 0 Å². The second-order valence-electron chi connectivity index (χ2n) is 7.65. The summed E-state index contributed by atoms with van der Waals surface area (Å²) in [6, 6.07) is 22.7. The van der Waals surface area contributed by atoms with Crippen molar-refractivity contribution in [2.75, 3.05) is 7.11 Å². The number of hydrogen-bond acceptors (Lipinski definition) is 5. The van der Waals surface area contributed by atoms with Crippen LogP contribution in [0.4, 0.5) is 0 Å². The number of nitrogens with one attached hydrogen (secondary N) is 1. The van der Waals surface area contributed by atoms with E-state index in [4.69, 9.17) is 9.15 Å². The van der Waals surface area contributed by atoms with E-state index in [-0.39, 0.29) is 23.0 Å². The van der Waals surface area contributed by atoms with Crippen LogP contribution >= 0.6 is 0 Å². The van der Waals surface area contributed by atoms with Gasteiger partial charge in [-0.05, 0) is 24.6 Å². The van der Waals surface area contributed by atoms with E-state index in [2.05, 4.69) is 5.32 Å². The average Bonchev–Trinajstić information content (AvgIpc) is 2.86. The van der Waals surface area contributed by atoms with Gasteiger partial charge in [0.2, 0.25) is 0 Å². The molecular weight excluding hydrogens is 418 g/mol. The Morgan fingerprint density at radius 1 is 0.939 bits per heavy atom. The molecule has 1 aromatic heterocycles. The first-order valence-electron chi connectivity index (χ1n) is 10.5. The lowest BCUT2D eigenvalue weighted by atomic mass is 10.0. The van der Waals surface area contributed by atoms with Crippen LogP contribution in [0.25, 0.3) is 22.3 Å². The lowest BCUT2D eigenvalue weighted by molar-refractivity contribution is -0.141. The quantitative estimate of drug-likeness (QED) is 0.434. The first kappa shape index (κ1) is 22.0. The van der Waals surface area contributed by atoms with Crippen LogP contribution in [0.3, 0.4) is 0 Å². The second-order valence-corrected chi connectivity index (χ2v) is 7.65. The van der Waals surface area contributed by atoms with Crippen LogP contribution in [0.2, 0.25) is 0 Å². The van der Waals surface area contributed by atoms with Crippen molar-refractivity contribution in [3.63, 3.8) is 0 Å². The van der Waals surface area contributed by atoms with Gasteiger partial charge in [0.1, 0.15) is 5.76 Å². The number of para-hydroxylation sites is 1. The molecule has 1 N–H and O–H groups in total. The monoisotopic (exact) mass is 441 g/mol. The molecule has 0 aliphatic rings. The molecule has 0 fully saturated rings. The zero-order valence-electron chi connectivity index (χ0n) is 18.3. The van der Waals surface area contributed by atoms with Gasteiger partial charge in [-0.3, -0.25) is 14.4 Å². The van der Waals surface area contributed by atoms with E-state index in [1.807, 2.05) is 60.7 Å². The summed E-state index contributed by atoms with van der Waals surface area (Å²) in [6.45, 7) is 1.71. The molecule has 0 spiro atoms. The molecule has 0 aliphatic heterocycles. The SMILES string of the molecule is COC(=O)CC(NC(=O)c1cccc2c(=O)c(C)c(-c3ccccc3)oc12)c1ccccc1. The standard InChI is InChI=1S/C27H23NO5/c1-17-24(30)20-14-9-15-21(26(20)33-25(17)19-12-7-4-8-13-19)27(31)28-22(16-23(29)32-2)18-10-5-3-6-11-18/h3-15,22H,16H2,1-2H3,(H,28,31). The van der Waals surface area contributed by atoms with Gasteiger partial charge in [0.15, 0.2) is 11.0 Å². The molecule has 0 bridgehead atoms. The van der Waals surface area contributed by atoms with E-state index in [1.165, 1.54) is 7.11 Å². The van der Waals surface area contributed by atoms with Gasteiger partial charge in [-0.1, -0.05) is 66.7 Å². The minimum Gasteiger partial charge on any atom is -0.469 e. The fourth-order valence-electron chi connectivity index (χ4n) is 3.78. The number of carbonyl (C=O) groups excluding carboxylic acids is 2. The van der Waals surface area contributed by atoms with Crippen LogP contribution in [0, 0.1) is 6.92 Å². The molecule has 0 radical (unpaired) electrons. The molecule has 1 heterocycles. The topological polar surface area (TPSA) is 85.6 Å². The fraction of sp³-hybridized carbons (Fsp3) is 0.148. The summed E-state index contributed by atoms with van der Waals surface area (Å²) in [5.74, 6) is -0.484. The van der Waals surface area contributed by atoms with Crippen LogP contribution in [-0.2, 0) is 9.53 Å². The molecular formula is C27H23NO5. The number of benzene rings is 3. The molecule has 6 heteroatoms. The Kier molecular flexibility index (Phi) is 6.36. The number of rotatable bonds is 6. The van der Waals surface area contributed by atoms with E-state index in [1.54, 1.807) is 25.1 Å². The predicted octanol–water partition coefficient (Wildman–Crippen LogP) is 4.80. The largest absolute Gasteiger partial charge is 0.469 e. The van der Waals surface area contributed by atoms with Crippen molar-refractivity contribution in [1.82, 2.24) is 5.32 Å². The molecule has 0 aliphatic carbocycles. The van der Waals surface area contributed by atoms with E-state index < -0.39 is 17.9 Å². The average molecular weight is 441 g/mol. The molecule has 3 aromatic carbocycles. The minimum atomic E-state index is -0.604. The third-order valence-electron chi connectivity index (χ3n) is 5.53. The van der Waals surface area contributed by atoms with E-state index in [9.17, 15) is 14.4 Å². The fourth-order valence-corrected chi connectivity index (χ4v) is 3.78. The van der Waals surface area contributed by atoms with Gasteiger partial charge in [0.05, 0.1) is 30.5 Å².